The van der Waals surface area contributed by atoms with Crippen molar-refractivity contribution in [2.45, 2.75) is 31.5 Å². The summed E-state index contributed by atoms with van der Waals surface area (Å²) in [5, 5.41) is 0. The Kier molecular flexibility index (Phi) is 9.74. The molecule has 2 aromatic rings. The van der Waals surface area contributed by atoms with Gasteiger partial charge in [-0.1, -0.05) is 12.1 Å². The Bertz CT molecular complexity index is 950. The van der Waals surface area contributed by atoms with Gasteiger partial charge in [-0.3, -0.25) is 9.79 Å². The van der Waals surface area contributed by atoms with E-state index < -0.39 is 11.7 Å². The van der Waals surface area contributed by atoms with E-state index in [0.717, 1.165) is 30.7 Å². The summed E-state index contributed by atoms with van der Waals surface area (Å²) in [4.78, 5) is 15.2. The largest absolute Gasteiger partial charge is 0.370 e. The fraction of sp³-hybridized carbons (Fsp3) is 0.364. The maximum absolute atomic E-state index is 13.2. The Labute approximate surface area is 197 Å². The number of primary amides is 1. The second-order valence-corrected chi connectivity index (χ2v) is 8.53. The summed E-state index contributed by atoms with van der Waals surface area (Å²) in [5.74, 6) is -2.16. The molecule has 3 rings (SSSR count). The van der Waals surface area contributed by atoms with E-state index in [0.29, 0.717) is 14.5 Å². The molecule has 1 heterocycles. The molecule has 9 heteroatoms. The van der Waals surface area contributed by atoms with Gasteiger partial charge in [0.1, 0.15) is 11.6 Å². The molecule has 0 atom stereocenters. The van der Waals surface area contributed by atoms with Gasteiger partial charge in [0.05, 0.1) is 8.95 Å². The fourth-order valence-electron chi connectivity index (χ4n) is 3.14. The van der Waals surface area contributed by atoms with Crippen molar-refractivity contribution in [3.05, 3.63) is 68.1 Å². The van der Waals surface area contributed by atoms with Gasteiger partial charge >= 0.3 is 0 Å². The van der Waals surface area contributed by atoms with Crippen LogP contribution in [0.5, 0.6) is 0 Å². The van der Waals surface area contributed by atoms with Crippen LogP contribution in [0, 0.1) is 11.6 Å². The summed E-state index contributed by atoms with van der Waals surface area (Å²) in [5.41, 5.74) is 7.87. The molecule has 0 radical (unpaired) electrons. The van der Waals surface area contributed by atoms with Crippen LogP contribution in [0.3, 0.4) is 0 Å². The average molecular weight is 562 g/mol. The van der Waals surface area contributed by atoms with Gasteiger partial charge in [0, 0.05) is 44.9 Å². The molecular formula is C22H24Br2F2N2O3. The minimum absolute atomic E-state index is 0.108. The van der Waals surface area contributed by atoms with E-state index in [9.17, 15) is 13.6 Å². The highest BCUT2D eigenvalue weighted by atomic mass is 79.9. The van der Waals surface area contributed by atoms with Gasteiger partial charge in [-0.05, 0) is 74.5 Å². The van der Waals surface area contributed by atoms with E-state index in [1.54, 1.807) is 24.3 Å². The van der Waals surface area contributed by atoms with Crippen LogP contribution in [0.2, 0.25) is 0 Å². The summed E-state index contributed by atoms with van der Waals surface area (Å²) in [6, 6.07) is 9.46. The molecule has 0 bridgehead atoms. The molecular weight excluding hydrogens is 538 g/mol. The van der Waals surface area contributed by atoms with E-state index >= 15 is 0 Å². The van der Waals surface area contributed by atoms with E-state index in [4.69, 9.17) is 15.2 Å². The van der Waals surface area contributed by atoms with Crippen molar-refractivity contribution < 1.29 is 23.0 Å². The molecule has 2 aromatic carbocycles. The summed E-state index contributed by atoms with van der Waals surface area (Å²) in [6.45, 7) is 0.907. The van der Waals surface area contributed by atoms with Crippen molar-refractivity contribution in [1.82, 2.24) is 0 Å². The molecule has 0 saturated heterocycles. The third-order valence-electron chi connectivity index (χ3n) is 4.85. The number of carbonyl (C=O) groups excluding carboxylic acids is 1. The molecule has 0 saturated carbocycles. The number of methoxy groups -OCH3 is 2. The molecule has 2 N–H and O–H groups in total. The van der Waals surface area contributed by atoms with Gasteiger partial charge < -0.3 is 15.2 Å². The van der Waals surface area contributed by atoms with Crippen molar-refractivity contribution in [2.24, 2.45) is 10.7 Å². The smallest absolute Gasteiger partial charge is 0.217 e. The molecule has 5 nitrogen and oxygen atoms in total. The van der Waals surface area contributed by atoms with Gasteiger partial charge in [0.15, 0.2) is 5.79 Å². The number of hydrogen-bond acceptors (Lipinski definition) is 4. The number of carbonyl (C=O) groups is 1. The van der Waals surface area contributed by atoms with Crippen molar-refractivity contribution in [3.8, 4) is 0 Å². The van der Waals surface area contributed by atoms with Crippen LogP contribution >= 0.6 is 31.9 Å². The number of aliphatic imine (C=N–C) groups is 1. The number of benzene rings is 2. The SMILES string of the molecule is COC(CCC(N)=O)(OC)c1ccc(F)c(Br)c1.Fc1ccc(C2=NCCC2)cc1Br. The molecule has 0 aliphatic carbocycles. The van der Waals surface area contributed by atoms with E-state index in [1.807, 2.05) is 0 Å². The quantitative estimate of drug-likeness (QED) is 0.455. The lowest BCUT2D eigenvalue weighted by Crippen LogP contribution is -2.32. The zero-order valence-corrected chi connectivity index (χ0v) is 20.4. The van der Waals surface area contributed by atoms with Crippen molar-refractivity contribution in [1.29, 1.82) is 0 Å². The standard InChI is InChI=1S/C12H15BrFNO3.C10H9BrFN/c1-17-12(18-2,6-5-11(15)16)8-3-4-10(14)9(13)7-8;11-8-6-7(3-4-9(8)12)10-2-1-5-13-10/h3-4,7H,5-6H2,1-2H3,(H2,15,16);3-4,6H,1-2,5H2. The van der Waals surface area contributed by atoms with Gasteiger partial charge in [-0.2, -0.15) is 0 Å². The lowest BCUT2D eigenvalue weighted by atomic mass is 10.00. The van der Waals surface area contributed by atoms with Crippen LogP contribution in [0.1, 0.15) is 36.8 Å². The number of nitrogens with zero attached hydrogens (tertiary/aromatic N) is 1. The first-order valence-corrected chi connectivity index (χ1v) is 11.1. The molecule has 1 aliphatic heterocycles. The second kappa shape index (κ2) is 11.8. The second-order valence-electron chi connectivity index (χ2n) is 6.82. The third-order valence-corrected chi connectivity index (χ3v) is 6.06. The number of amides is 1. The van der Waals surface area contributed by atoms with Gasteiger partial charge in [0.25, 0.3) is 0 Å². The highest BCUT2D eigenvalue weighted by Gasteiger charge is 2.32. The molecule has 0 fully saturated rings. The summed E-state index contributed by atoms with van der Waals surface area (Å²) >= 11 is 6.26. The predicted octanol–water partition coefficient (Wildman–Crippen LogP) is 5.47. The maximum atomic E-state index is 13.2. The highest BCUT2D eigenvalue weighted by molar-refractivity contribution is 9.10. The Balaban J connectivity index is 0.000000231. The summed E-state index contributed by atoms with van der Waals surface area (Å²) in [6.07, 6.45) is 2.49. The number of nitrogens with two attached hydrogens (primary N) is 1. The maximum Gasteiger partial charge on any atom is 0.217 e. The average Bonchev–Trinajstić information content (AvgIpc) is 3.29. The Morgan fingerprint density at radius 1 is 1.10 bits per heavy atom. The Morgan fingerprint density at radius 3 is 2.19 bits per heavy atom. The van der Waals surface area contributed by atoms with Gasteiger partial charge in [0.2, 0.25) is 5.91 Å². The molecule has 0 aromatic heterocycles. The monoisotopic (exact) mass is 560 g/mol. The van der Waals surface area contributed by atoms with Crippen LogP contribution in [-0.2, 0) is 20.1 Å². The molecule has 168 valence electrons. The van der Waals surface area contributed by atoms with Crippen LogP contribution in [0.15, 0.2) is 50.3 Å². The zero-order valence-electron chi connectivity index (χ0n) is 17.3. The van der Waals surface area contributed by atoms with E-state index in [-0.39, 0.29) is 24.5 Å². The van der Waals surface area contributed by atoms with E-state index in [2.05, 4.69) is 36.9 Å². The first-order valence-electron chi connectivity index (χ1n) is 9.55. The summed E-state index contributed by atoms with van der Waals surface area (Å²) in [7, 11) is 2.92. The van der Waals surface area contributed by atoms with Crippen LogP contribution < -0.4 is 5.73 Å². The minimum Gasteiger partial charge on any atom is -0.370 e. The van der Waals surface area contributed by atoms with Gasteiger partial charge in [-0.25, -0.2) is 8.78 Å². The summed E-state index contributed by atoms with van der Waals surface area (Å²) < 4.78 is 37.6. The Hall–Kier alpha value is -1.68. The first-order chi connectivity index (χ1) is 14.7. The molecule has 1 amide bonds. The lowest BCUT2D eigenvalue weighted by molar-refractivity contribution is -0.220. The topological polar surface area (TPSA) is 73.9 Å². The van der Waals surface area contributed by atoms with Gasteiger partial charge in [-0.15, -0.1) is 0 Å². The third kappa shape index (κ3) is 6.90. The van der Waals surface area contributed by atoms with Crippen molar-refractivity contribution >= 4 is 43.5 Å². The van der Waals surface area contributed by atoms with Crippen LogP contribution in [0.25, 0.3) is 0 Å². The number of hydrogen-bond donors (Lipinski definition) is 1. The van der Waals surface area contributed by atoms with E-state index in [1.165, 1.54) is 26.4 Å². The zero-order chi connectivity index (χ0) is 23.0. The minimum atomic E-state index is -1.11. The predicted molar refractivity (Wildman–Crippen MR) is 123 cm³/mol. The normalized spacial score (nSPS) is 13.4. The van der Waals surface area contributed by atoms with Crippen LogP contribution in [-0.4, -0.2) is 32.4 Å². The lowest BCUT2D eigenvalue weighted by Gasteiger charge is -2.31. The molecule has 31 heavy (non-hydrogen) atoms. The number of rotatable bonds is 7. The van der Waals surface area contributed by atoms with Crippen LogP contribution in [0.4, 0.5) is 8.78 Å². The first kappa shape index (κ1) is 25.6. The molecule has 1 aliphatic rings. The van der Waals surface area contributed by atoms with Crippen molar-refractivity contribution in [2.75, 3.05) is 20.8 Å². The number of halogens is 4. The fourth-order valence-corrected chi connectivity index (χ4v) is 3.90. The highest BCUT2D eigenvalue weighted by Crippen LogP contribution is 2.33. The molecule has 0 unspecified atom stereocenters. The van der Waals surface area contributed by atoms with Crippen molar-refractivity contribution in [3.63, 3.8) is 0 Å². The Morgan fingerprint density at radius 2 is 1.71 bits per heavy atom. The molecule has 0 spiro atoms. The number of ether oxygens (including phenoxy) is 2.